The molecule has 0 aliphatic heterocycles. The number of nitrogens with zero attached hydrogens (tertiary/aromatic N) is 1. The predicted octanol–water partition coefficient (Wildman–Crippen LogP) is 3.52. The molecule has 0 fully saturated rings. The van der Waals surface area contributed by atoms with Crippen molar-refractivity contribution in [3.63, 3.8) is 0 Å². The minimum absolute atomic E-state index is 0.0313. The number of carbonyl (C=O) groups is 5. The Morgan fingerprint density at radius 2 is 1.59 bits per heavy atom. The molecule has 0 unspecified atom stereocenters. The van der Waals surface area contributed by atoms with Crippen molar-refractivity contribution in [1.82, 2.24) is 15.6 Å². The maximum absolute atomic E-state index is 13.0. The van der Waals surface area contributed by atoms with Crippen LogP contribution < -0.4 is 10.6 Å². The molecule has 3 rings (SSSR count). The first-order valence-corrected chi connectivity index (χ1v) is 12.5. The van der Waals surface area contributed by atoms with Crippen molar-refractivity contribution in [2.24, 2.45) is 11.8 Å². The molecule has 1 heterocycles. The van der Waals surface area contributed by atoms with Gasteiger partial charge in [0, 0.05) is 12.3 Å². The number of benzene rings is 2. The molecule has 0 saturated carbocycles. The third-order valence-electron chi connectivity index (χ3n) is 5.97. The average Bonchev–Trinajstić information content (AvgIpc) is 3.34. The van der Waals surface area contributed by atoms with E-state index in [1.807, 2.05) is 18.2 Å². The molecule has 39 heavy (non-hydrogen) atoms. The lowest BCUT2D eigenvalue weighted by Gasteiger charge is -2.23. The number of Topliss-reactive ketones (excluding diaryl/α,β-unsaturated/α-hetero) is 2. The second-order valence-corrected chi connectivity index (χ2v) is 9.51. The van der Waals surface area contributed by atoms with E-state index >= 15 is 0 Å². The van der Waals surface area contributed by atoms with E-state index in [1.165, 1.54) is 6.92 Å². The lowest BCUT2D eigenvalue weighted by atomic mass is 9.92. The molecule has 3 aromatic rings. The van der Waals surface area contributed by atoms with Gasteiger partial charge in [0.25, 0.3) is 5.89 Å². The van der Waals surface area contributed by atoms with E-state index in [2.05, 4.69) is 15.6 Å². The van der Waals surface area contributed by atoms with Gasteiger partial charge in [-0.2, -0.15) is 0 Å². The average molecular weight is 538 g/mol. The van der Waals surface area contributed by atoms with Crippen LogP contribution in [0.2, 0.25) is 0 Å². The van der Waals surface area contributed by atoms with Crippen LogP contribution in [-0.2, 0) is 25.7 Å². The molecular weight excluding hydrogens is 506 g/mol. The van der Waals surface area contributed by atoms with E-state index in [-0.39, 0.29) is 24.8 Å². The Balaban J connectivity index is 1.61. The van der Waals surface area contributed by atoms with Gasteiger partial charge in [-0.15, -0.1) is 0 Å². The third-order valence-corrected chi connectivity index (χ3v) is 5.97. The summed E-state index contributed by atoms with van der Waals surface area (Å²) in [6.07, 6.45) is -1.73. The zero-order valence-corrected chi connectivity index (χ0v) is 21.9. The van der Waals surface area contributed by atoms with Gasteiger partial charge in [-0.25, -0.2) is 9.78 Å². The predicted molar refractivity (Wildman–Crippen MR) is 140 cm³/mol. The van der Waals surface area contributed by atoms with Crippen LogP contribution in [0.1, 0.15) is 49.9 Å². The Kier molecular flexibility index (Phi) is 9.91. The fraction of sp³-hybridized carbons (Fsp3) is 0.357. The number of amides is 2. The summed E-state index contributed by atoms with van der Waals surface area (Å²) in [5.41, 5.74) is 1.54. The topological polar surface area (TPSA) is 165 Å². The molecule has 0 saturated heterocycles. The molecule has 2 amide bonds. The minimum Gasteiger partial charge on any atom is -0.481 e. The van der Waals surface area contributed by atoms with Gasteiger partial charge >= 0.3 is 12.1 Å². The molecule has 3 atom stereocenters. The van der Waals surface area contributed by atoms with E-state index in [9.17, 15) is 29.1 Å². The van der Waals surface area contributed by atoms with Crippen molar-refractivity contribution in [1.29, 1.82) is 0 Å². The number of para-hydroxylation sites is 2. The first kappa shape index (κ1) is 29.0. The van der Waals surface area contributed by atoms with Crippen molar-refractivity contribution in [3.8, 4) is 0 Å². The number of aromatic nitrogens is 1. The number of nitrogens with one attached hydrogen (secondary N) is 2. The summed E-state index contributed by atoms with van der Waals surface area (Å²) < 4.78 is 10.6. The van der Waals surface area contributed by atoms with Crippen LogP contribution in [0.3, 0.4) is 0 Å². The summed E-state index contributed by atoms with van der Waals surface area (Å²) in [5, 5.41) is 14.3. The number of hydrogen-bond acceptors (Lipinski definition) is 8. The van der Waals surface area contributed by atoms with E-state index < -0.39 is 54.0 Å². The number of hydrogen-bond donors (Lipinski definition) is 3. The summed E-state index contributed by atoms with van der Waals surface area (Å²) in [5.74, 6) is -4.77. The van der Waals surface area contributed by atoms with Crippen LogP contribution in [0, 0.1) is 11.8 Å². The molecule has 0 aliphatic carbocycles. The highest BCUT2D eigenvalue weighted by Gasteiger charge is 2.32. The SMILES string of the molecule is CC(C)[C@H](NC(=O)OCc1ccccc1)C(=O)C[C@@H](C)C(=O)N[C@@H](CC(=O)O)C(=O)c1nc2ccccc2o1. The molecule has 0 spiro atoms. The normalized spacial score (nSPS) is 13.3. The fourth-order valence-electron chi connectivity index (χ4n) is 3.86. The standard InChI is InChI=1S/C28H31N3O8/c1-16(2)24(31-28(37)38-15-18-9-5-4-6-10-18)21(32)13-17(3)26(36)29-20(14-23(33)34)25(35)27-30-19-11-7-8-12-22(19)39-27/h4-12,16-17,20,24H,13-15H2,1-3H3,(H,29,36)(H,31,37)(H,33,34)/t17-,20+,24+/m1/s1. The fourth-order valence-corrected chi connectivity index (χ4v) is 3.86. The molecule has 0 aliphatic rings. The maximum Gasteiger partial charge on any atom is 0.408 e. The van der Waals surface area contributed by atoms with E-state index in [0.717, 1.165) is 5.56 Å². The van der Waals surface area contributed by atoms with Gasteiger partial charge in [-0.1, -0.05) is 63.2 Å². The minimum atomic E-state index is -1.45. The molecule has 0 bridgehead atoms. The number of alkyl carbamates (subject to hydrolysis) is 1. The monoisotopic (exact) mass is 537 g/mol. The Morgan fingerprint density at radius 1 is 0.923 bits per heavy atom. The molecule has 11 nitrogen and oxygen atoms in total. The summed E-state index contributed by atoms with van der Waals surface area (Å²) in [6, 6.07) is 13.3. The number of aliphatic carboxylic acids is 1. The van der Waals surface area contributed by atoms with E-state index in [0.29, 0.717) is 11.1 Å². The molecule has 206 valence electrons. The highest BCUT2D eigenvalue weighted by molar-refractivity contribution is 6.02. The van der Waals surface area contributed by atoms with E-state index in [4.69, 9.17) is 9.15 Å². The maximum atomic E-state index is 13.0. The summed E-state index contributed by atoms with van der Waals surface area (Å²) in [4.78, 5) is 66.6. The highest BCUT2D eigenvalue weighted by Crippen LogP contribution is 2.18. The number of carbonyl (C=O) groups excluding carboxylic acids is 4. The van der Waals surface area contributed by atoms with Gasteiger partial charge in [0.15, 0.2) is 11.4 Å². The number of fused-ring (bicyclic) bond motifs is 1. The molecule has 11 heteroatoms. The summed E-state index contributed by atoms with van der Waals surface area (Å²) >= 11 is 0. The van der Waals surface area contributed by atoms with Crippen molar-refractivity contribution < 1.29 is 38.2 Å². The van der Waals surface area contributed by atoms with Crippen molar-refractivity contribution >= 4 is 40.6 Å². The second kappa shape index (κ2) is 13.3. The first-order chi connectivity index (χ1) is 18.5. The van der Waals surface area contributed by atoms with Crippen LogP contribution in [0.15, 0.2) is 59.0 Å². The summed E-state index contributed by atoms with van der Waals surface area (Å²) in [6.45, 7) is 4.99. The Labute approximate surface area is 224 Å². The largest absolute Gasteiger partial charge is 0.481 e. The Bertz CT molecular complexity index is 1300. The van der Waals surface area contributed by atoms with Crippen LogP contribution in [0.5, 0.6) is 0 Å². The Morgan fingerprint density at radius 3 is 2.23 bits per heavy atom. The van der Waals surface area contributed by atoms with Gasteiger partial charge in [0.05, 0.1) is 12.5 Å². The lowest BCUT2D eigenvalue weighted by Crippen LogP contribution is -2.47. The van der Waals surface area contributed by atoms with Crippen molar-refractivity contribution in [2.75, 3.05) is 0 Å². The van der Waals surface area contributed by atoms with Gasteiger partial charge < -0.3 is 24.9 Å². The molecule has 2 aromatic carbocycles. The smallest absolute Gasteiger partial charge is 0.408 e. The quantitative estimate of drug-likeness (QED) is 0.277. The van der Waals surface area contributed by atoms with E-state index in [1.54, 1.807) is 50.2 Å². The van der Waals surface area contributed by atoms with Crippen molar-refractivity contribution in [2.45, 2.75) is 52.3 Å². The molecule has 3 N–H and O–H groups in total. The first-order valence-electron chi connectivity index (χ1n) is 12.5. The lowest BCUT2D eigenvalue weighted by molar-refractivity contribution is -0.137. The van der Waals surface area contributed by atoms with Crippen LogP contribution >= 0.6 is 0 Å². The number of oxazole rings is 1. The number of ether oxygens (including phenoxy) is 1. The number of ketones is 2. The van der Waals surface area contributed by atoms with Crippen LogP contribution in [0.25, 0.3) is 11.1 Å². The zero-order chi connectivity index (χ0) is 28.5. The molecule has 0 radical (unpaired) electrons. The van der Waals surface area contributed by atoms with Gasteiger partial charge in [-0.3, -0.25) is 19.2 Å². The number of rotatable bonds is 13. The van der Waals surface area contributed by atoms with Crippen LogP contribution in [0.4, 0.5) is 4.79 Å². The summed E-state index contributed by atoms with van der Waals surface area (Å²) in [7, 11) is 0. The van der Waals surface area contributed by atoms with Crippen LogP contribution in [-0.4, -0.2) is 51.7 Å². The van der Waals surface area contributed by atoms with Gasteiger partial charge in [0.2, 0.25) is 11.7 Å². The molecule has 1 aromatic heterocycles. The zero-order valence-electron chi connectivity index (χ0n) is 21.9. The second-order valence-electron chi connectivity index (χ2n) is 9.51. The van der Waals surface area contributed by atoms with Crippen molar-refractivity contribution in [3.05, 3.63) is 66.1 Å². The van der Waals surface area contributed by atoms with Gasteiger partial charge in [-0.05, 0) is 23.6 Å². The highest BCUT2D eigenvalue weighted by atomic mass is 16.5. The van der Waals surface area contributed by atoms with Gasteiger partial charge in [0.1, 0.15) is 18.2 Å². The number of carboxylic acid groups (broad SMARTS) is 1. The number of carboxylic acids is 1. The Hall–Kier alpha value is -4.54. The third kappa shape index (κ3) is 8.22. The molecular formula is C28H31N3O8.